The van der Waals surface area contributed by atoms with Crippen LogP contribution in [0.3, 0.4) is 0 Å². The molecule has 0 spiro atoms. The first-order chi connectivity index (χ1) is 11.2. The Morgan fingerprint density at radius 3 is 2.00 bits per heavy atom. The standard InChI is InChI=1S/C18H26FN3O2/c1-18(2,3)16(23)12-21-8-10-22(11-9-21)13-17(24)20-15-6-4-14(19)5-7-15/h4-7H,8-13H2,1-3H3,(H,20,24). The maximum absolute atomic E-state index is 12.8. The topological polar surface area (TPSA) is 52.7 Å². The van der Waals surface area contributed by atoms with Gasteiger partial charge >= 0.3 is 0 Å². The molecule has 1 fully saturated rings. The fourth-order valence-electron chi connectivity index (χ4n) is 2.48. The van der Waals surface area contributed by atoms with E-state index < -0.39 is 0 Å². The molecule has 1 saturated heterocycles. The van der Waals surface area contributed by atoms with E-state index >= 15 is 0 Å². The smallest absolute Gasteiger partial charge is 0.238 e. The quantitative estimate of drug-likeness (QED) is 0.894. The summed E-state index contributed by atoms with van der Waals surface area (Å²) in [4.78, 5) is 28.3. The summed E-state index contributed by atoms with van der Waals surface area (Å²) in [6.45, 7) is 9.67. The predicted molar refractivity (Wildman–Crippen MR) is 92.4 cm³/mol. The lowest BCUT2D eigenvalue weighted by molar-refractivity contribution is -0.128. The molecule has 6 heteroatoms. The molecule has 5 nitrogen and oxygen atoms in total. The van der Waals surface area contributed by atoms with Crippen LogP contribution in [0.15, 0.2) is 24.3 Å². The summed E-state index contributed by atoms with van der Waals surface area (Å²) >= 11 is 0. The lowest BCUT2D eigenvalue weighted by Crippen LogP contribution is -2.50. The van der Waals surface area contributed by atoms with Gasteiger partial charge in [-0.1, -0.05) is 20.8 Å². The van der Waals surface area contributed by atoms with E-state index in [-0.39, 0.29) is 22.9 Å². The maximum Gasteiger partial charge on any atom is 0.238 e. The third-order valence-corrected chi connectivity index (χ3v) is 4.16. The number of carbonyl (C=O) groups is 2. The zero-order valence-electron chi connectivity index (χ0n) is 14.6. The van der Waals surface area contributed by atoms with Crippen molar-refractivity contribution >= 4 is 17.4 Å². The first-order valence-electron chi connectivity index (χ1n) is 8.27. The van der Waals surface area contributed by atoms with Gasteiger partial charge in [-0.15, -0.1) is 0 Å². The molecule has 0 unspecified atom stereocenters. The van der Waals surface area contributed by atoms with E-state index in [0.29, 0.717) is 18.8 Å². The van der Waals surface area contributed by atoms with Crippen molar-refractivity contribution in [2.75, 3.05) is 44.6 Å². The number of rotatable bonds is 5. The second-order valence-corrected chi connectivity index (χ2v) is 7.28. The summed E-state index contributed by atoms with van der Waals surface area (Å²) in [5.41, 5.74) is 0.280. The molecule has 132 valence electrons. The molecule has 0 aromatic heterocycles. The number of carbonyl (C=O) groups excluding carboxylic acids is 2. The molecule has 0 atom stereocenters. The minimum atomic E-state index is -0.325. The van der Waals surface area contributed by atoms with Crippen LogP contribution in [0, 0.1) is 11.2 Å². The number of anilines is 1. The van der Waals surface area contributed by atoms with Crippen molar-refractivity contribution in [3.8, 4) is 0 Å². The number of nitrogens with one attached hydrogen (secondary N) is 1. The summed E-state index contributed by atoms with van der Waals surface area (Å²) in [6, 6.07) is 5.73. The van der Waals surface area contributed by atoms with E-state index in [0.717, 1.165) is 26.2 Å². The van der Waals surface area contributed by atoms with Gasteiger partial charge in [0, 0.05) is 37.3 Å². The first-order valence-corrected chi connectivity index (χ1v) is 8.27. The average molecular weight is 335 g/mol. The minimum absolute atomic E-state index is 0.110. The van der Waals surface area contributed by atoms with Crippen molar-refractivity contribution < 1.29 is 14.0 Å². The highest BCUT2D eigenvalue weighted by atomic mass is 19.1. The Balaban J connectivity index is 1.73. The van der Waals surface area contributed by atoms with Crippen molar-refractivity contribution in [2.24, 2.45) is 5.41 Å². The van der Waals surface area contributed by atoms with Gasteiger partial charge in [0.25, 0.3) is 0 Å². The van der Waals surface area contributed by atoms with Crippen LogP contribution in [0.4, 0.5) is 10.1 Å². The fraction of sp³-hybridized carbons (Fsp3) is 0.556. The van der Waals surface area contributed by atoms with Crippen molar-refractivity contribution in [2.45, 2.75) is 20.8 Å². The van der Waals surface area contributed by atoms with E-state index in [9.17, 15) is 14.0 Å². The van der Waals surface area contributed by atoms with E-state index in [1.165, 1.54) is 12.1 Å². The predicted octanol–water partition coefficient (Wildman–Crippen LogP) is 2.00. The molecular formula is C18H26FN3O2. The van der Waals surface area contributed by atoms with Gasteiger partial charge in [0.15, 0.2) is 5.78 Å². The lowest BCUT2D eigenvalue weighted by atomic mass is 9.90. The zero-order valence-corrected chi connectivity index (χ0v) is 14.6. The van der Waals surface area contributed by atoms with E-state index in [1.54, 1.807) is 12.1 Å². The van der Waals surface area contributed by atoms with Gasteiger partial charge in [-0.05, 0) is 24.3 Å². The molecule has 1 N–H and O–H groups in total. The molecule has 0 bridgehead atoms. The Morgan fingerprint density at radius 2 is 1.50 bits per heavy atom. The summed E-state index contributed by atoms with van der Waals surface area (Å²) in [5, 5.41) is 2.76. The van der Waals surface area contributed by atoms with Gasteiger partial charge in [0.2, 0.25) is 5.91 Å². The Labute approximate surface area is 142 Å². The fourth-order valence-corrected chi connectivity index (χ4v) is 2.48. The van der Waals surface area contributed by atoms with Gasteiger partial charge in [-0.2, -0.15) is 0 Å². The molecule has 1 aliphatic rings. The van der Waals surface area contributed by atoms with Gasteiger partial charge in [-0.3, -0.25) is 19.4 Å². The summed E-state index contributed by atoms with van der Waals surface area (Å²) < 4.78 is 12.8. The van der Waals surface area contributed by atoms with Crippen LogP contribution in [0.2, 0.25) is 0 Å². The normalized spacial score (nSPS) is 16.8. The molecule has 1 aliphatic heterocycles. The lowest BCUT2D eigenvalue weighted by Gasteiger charge is -2.35. The van der Waals surface area contributed by atoms with Gasteiger partial charge in [0.1, 0.15) is 5.82 Å². The number of hydrogen-bond donors (Lipinski definition) is 1. The number of hydrogen-bond acceptors (Lipinski definition) is 4. The second kappa shape index (κ2) is 7.85. The van der Waals surface area contributed by atoms with E-state index in [4.69, 9.17) is 0 Å². The largest absolute Gasteiger partial charge is 0.325 e. The molecule has 0 radical (unpaired) electrons. The Bertz CT molecular complexity index is 573. The molecule has 1 amide bonds. The third kappa shape index (κ3) is 5.69. The molecular weight excluding hydrogens is 309 g/mol. The average Bonchev–Trinajstić information content (AvgIpc) is 2.50. The summed E-state index contributed by atoms with van der Waals surface area (Å²) in [5.74, 6) is -0.195. The van der Waals surface area contributed by atoms with Crippen molar-refractivity contribution in [1.82, 2.24) is 9.80 Å². The number of piperazine rings is 1. The maximum atomic E-state index is 12.8. The summed E-state index contributed by atoms with van der Waals surface area (Å²) in [6.07, 6.45) is 0. The Morgan fingerprint density at radius 1 is 1.00 bits per heavy atom. The summed E-state index contributed by atoms with van der Waals surface area (Å²) in [7, 11) is 0. The highest BCUT2D eigenvalue weighted by Gasteiger charge is 2.26. The SMILES string of the molecule is CC(C)(C)C(=O)CN1CCN(CC(=O)Nc2ccc(F)cc2)CC1. The number of Topliss-reactive ketones (excluding diaryl/α,β-unsaturated/α-hetero) is 1. The Kier molecular flexibility index (Phi) is 6.07. The number of ketones is 1. The zero-order chi connectivity index (χ0) is 17.7. The van der Waals surface area contributed by atoms with Crippen LogP contribution in [0.1, 0.15) is 20.8 Å². The number of amides is 1. The van der Waals surface area contributed by atoms with Crippen LogP contribution in [0.5, 0.6) is 0 Å². The monoisotopic (exact) mass is 335 g/mol. The third-order valence-electron chi connectivity index (χ3n) is 4.16. The highest BCUT2D eigenvalue weighted by Crippen LogP contribution is 2.16. The highest BCUT2D eigenvalue weighted by molar-refractivity contribution is 5.92. The Hall–Kier alpha value is -1.79. The van der Waals surface area contributed by atoms with E-state index in [2.05, 4.69) is 15.1 Å². The van der Waals surface area contributed by atoms with Crippen molar-refractivity contribution in [3.05, 3.63) is 30.1 Å². The molecule has 24 heavy (non-hydrogen) atoms. The van der Waals surface area contributed by atoms with Gasteiger partial charge in [0.05, 0.1) is 13.1 Å². The number of nitrogens with zero attached hydrogens (tertiary/aromatic N) is 2. The van der Waals surface area contributed by atoms with Gasteiger partial charge < -0.3 is 5.32 Å². The minimum Gasteiger partial charge on any atom is -0.325 e. The van der Waals surface area contributed by atoms with Crippen LogP contribution in [-0.2, 0) is 9.59 Å². The molecule has 1 aromatic carbocycles. The number of benzene rings is 1. The molecule has 0 aliphatic carbocycles. The number of halogens is 1. The second-order valence-electron chi connectivity index (χ2n) is 7.28. The molecule has 2 rings (SSSR count). The van der Waals surface area contributed by atoms with Crippen molar-refractivity contribution in [3.63, 3.8) is 0 Å². The van der Waals surface area contributed by atoms with Crippen LogP contribution >= 0.6 is 0 Å². The van der Waals surface area contributed by atoms with E-state index in [1.807, 2.05) is 20.8 Å². The van der Waals surface area contributed by atoms with Crippen LogP contribution in [0.25, 0.3) is 0 Å². The van der Waals surface area contributed by atoms with Crippen LogP contribution in [-0.4, -0.2) is 60.8 Å². The molecule has 1 aromatic rings. The molecule has 0 saturated carbocycles. The van der Waals surface area contributed by atoms with Crippen molar-refractivity contribution in [1.29, 1.82) is 0 Å². The van der Waals surface area contributed by atoms with Crippen LogP contribution < -0.4 is 5.32 Å². The molecule has 1 heterocycles. The first kappa shape index (κ1) is 18.5. The van der Waals surface area contributed by atoms with Gasteiger partial charge in [-0.25, -0.2) is 4.39 Å².